The lowest BCUT2D eigenvalue weighted by Gasteiger charge is -2.21. The number of carbonyl (C=O) groups is 1. The Labute approximate surface area is 112 Å². The molecule has 0 aliphatic carbocycles. The number of nitrogens with two attached hydrogens (primary N) is 1. The molecule has 0 aliphatic rings. The van der Waals surface area contributed by atoms with E-state index >= 15 is 0 Å². The number of benzene rings is 1. The topological polar surface area (TPSA) is 59.5 Å². The summed E-state index contributed by atoms with van der Waals surface area (Å²) in [6.07, 6.45) is 2.68. The lowest BCUT2D eigenvalue weighted by molar-refractivity contribution is -0.118. The van der Waals surface area contributed by atoms with Crippen molar-refractivity contribution in [2.75, 3.05) is 17.2 Å². The van der Waals surface area contributed by atoms with Crippen molar-refractivity contribution in [3.63, 3.8) is 0 Å². The third kappa shape index (κ3) is 3.37. The van der Waals surface area contributed by atoms with E-state index < -0.39 is 0 Å². The van der Waals surface area contributed by atoms with Gasteiger partial charge in [0.25, 0.3) is 0 Å². The number of aryl methyl sites for hydroxylation is 1. The highest BCUT2D eigenvalue weighted by Gasteiger charge is 2.14. The van der Waals surface area contributed by atoms with Gasteiger partial charge in [0.05, 0.1) is 6.26 Å². The molecule has 4 nitrogen and oxygen atoms in total. The van der Waals surface area contributed by atoms with E-state index in [1.807, 2.05) is 31.2 Å². The second kappa shape index (κ2) is 6.09. The molecular weight excluding hydrogens is 240 g/mol. The first-order valence-corrected chi connectivity index (χ1v) is 6.39. The van der Waals surface area contributed by atoms with Crippen LogP contribution in [0.15, 0.2) is 47.1 Å². The van der Waals surface area contributed by atoms with Gasteiger partial charge in [0.15, 0.2) is 0 Å². The molecule has 1 heterocycles. The summed E-state index contributed by atoms with van der Waals surface area (Å²) in [7, 11) is 0. The molecule has 1 aromatic heterocycles. The maximum absolute atomic E-state index is 12.2. The van der Waals surface area contributed by atoms with E-state index in [2.05, 4.69) is 0 Å². The van der Waals surface area contributed by atoms with Crippen molar-refractivity contribution in [3.8, 4) is 0 Å². The van der Waals surface area contributed by atoms with Crippen molar-refractivity contribution in [1.29, 1.82) is 0 Å². The Hall–Kier alpha value is -2.23. The molecule has 4 heteroatoms. The van der Waals surface area contributed by atoms with Gasteiger partial charge < -0.3 is 15.1 Å². The average molecular weight is 258 g/mol. The number of hydrogen-bond donors (Lipinski definition) is 1. The van der Waals surface area contributed by atoms with Gasteiger partial charge in [-0.05, 0) is 43.3 Å². The van der Waals surface area contributed by atoms with Crippen molar-refractivity contribution in [2.24, 2.45) is 0 Å². The molecular formula is C15H18N2O2. The molecule has 1 amide bonds. The number of nitrogens with zero attached hydrogens (tertiary/aromatic N) is 1. The minimum Gasteiger partial charge on any atom is -0.469 e. The number of nitrogen functional groups attached to an aromatic ring is 1. The molecule has 0 saturated carbocycles. The highest BCUT2D eigenvalue weighted by molar-refractivity contribution is 5.93. The van der Waals surface area contributed by atoms with Gasteiger partial charge in [0.2, 0.25) is 5.91 Å². The zero-order chi connectivity index (χ0) is 13.7. The maximum Gasteiger partial charge on any atom is 0.227 e. The molecule has 0 radical (unpaired) electrons. The lowest BCUT2D eigenvalue weighted by atomic mass is 10.2. The minimum atomic E-state index is 0.0867. The van der Waals surface area contributed by atoms with Crippen LogP contribution in [0, 0.1) is 0 Å². The fraction of sp³-hybridized carbons (Fsp3) is 0.267. The highest BCUT2D eigenvalue weighted by atomic mass is 16.3. The van der Waals surface area contributed by atoms with E-state index in [0.29, 0.717) is 25.1 Å². The van der Waals surface area contributed by atoms with E-state index in [-0.39, 0.29) is 5.91 Å². The summed E-state index contributed by atoms with van der Waals surface area (Å²) in [6, 6.07) is 11.0. The van der Waals surface area contributed by atoms with Crippen LogP contribution >= 0.6 is 0 Å². The van der Waals surface area contributed by atoms with Crippen LogP contribution in [0.4, 0.5) is 11.4 Å². The molecule has 2 aromatic rings. The van der Waals surface area contributed by atoms with Gasteiger partial charge >= 0.3 is 0 Å². The Morgan fingerprint density at radius 2 is 2.00 bits per heavy atom. The van der Waals surface area contributed by atoms with Crippen LogP contribution in [0.5, 0.6) is 0 Å². The van der Waals surface area contributed by atoms with E-state index in [1.165, 1.54) is 0 Å². The van der Waals surface area contributed by atoms with Gasteiger partial charge in [-0.15, -0.1) is 0 Å². The number of anilines is 2. The van der Waals surface area contributed by atoms with Crippen molar-refractivity contribution < 1.29 is 9.21 Å². The third-order valence-corrected chi connectivity index (χ3v) is 2.99. The molecule has 0 spiro atoms. The maximum atomic E-state index is 12.2. The minimum absolute atomic E-state index is 0.0867. The van der Waals surface area contributed by atoms with Crippen LogP contribution in [0.2, 0.25) is 0 Å². The zero-order valence-corrected chi connectivity index (χ0v) is 11.0. The first-order chi connectivity index (χ1) is 9.20. The molecule has 0 aliphatic heterocycles. The summed E-state index contributed by atoms with van der Waals surface area (Å²) in [4.78, 5) is 14.0. The number of carbonyl (C=O) groups excluding carboxylic acids is 1. The normalized spacial score (nSPS) is 10.4. The lowest BCUT2D eigenvalue weighted by Crippen LogP contribution is -2.30. The van der Waals surface area contributed by atoms with Crippen molar-refractivity contribution in [3.05, 3.63) is 48.4 Å². The van der Waals surface area contributed by atoms with Gasteiger partial charge in [-0.3, -0.25) is 4.79 Å². The molecule has 0 bridgehead atoms. The molecule has 2 rings (SSSR count). The average Bonchev–Trinajstić information content (AvgIpc) is 2.92. The Morgan fingerprint density at radius 1 is 1.26 bits per heavy atom. The monoisotopic (exact) mass is 258 g/mol. The Morgan fingerprint density at radius 3 is 2.58 bits per heavy atom. The van der Waals surface area contributed by atoms with Gasteiger partial charge in [-0.1, -0.05) is 0 Å². The summed E-state index contributed by atoms with van der Waals surface area (Å²) in [5.74, 6) is 0.922. The van der Waals surface area contributed by atoms with Crippen LogP contribution in [0.3, 0.4) is 0 Å². The van der Waals surface area contributed by atoms with Gasteiger partial charge in [0.1, 0.15) is 5.76 Å². The first kappa shape index (κ1) is 13.2. The molecule has 2 N–H and O–H groups in total. The number of hydrogen-bond acceptors (Lipinski definition) is 3. The molecule has 1 aromatic carbocycles. The van der Waals surface area contributed by atoms with Crippen LogP contribution in [0.1, 0.15) is 19.1 Å². The summed E-state index contributed by atoms with van der Waals surface area (Å²) >= 11 is 0. The third-order valence-electron chi connectivity index (χ3n) is 2.99. The molecule has 0 saturated heterocycles. The quantitative estimate of drug-likeness (QED) is 0.839. The van der Waals surface area contributed by atoms with Crippen molar-refractivity contribution in [1.82, 2.24) is 0 Å². The standard InChI is InChI=1S/C15H18N2O2/c1-2-17(13-7-5-12(16)6-8-13)15(18)10-9-14-4-3-11-19-14/h3-8,11H,2,9-10,16H2,1H3. The first-order valence-electron chi connectivity index (χ1n) is 6.39. The number of amides is 1. The Balaban J connectivity index is 2.00. The second-order valence-corrected chi connectivity index (χ2v) is 4.31. The SMILES string of the molecule is CCN(C(=O)CCc1ccco1)c1ccc(N)cc1. The van der Waals surface area contributed by atoms with Gasteiger partial charge in [0, 0.05) is 30.8 Å². The Bertz CT molecular complexity index is 518. The second-order valence-electron chi connectivity index (χ2n) is 4.31. The molecule has 0 atom stereocenters. The van der Waals surface area contributed by atoms with Gasteiger partial charge in [-0.25, -0.2) is 0 Å². The number of furan rings is 1. The molecule has 19 heavy (non-hydrogen) atoms. The Kier molecular flexibility index (Phi) is 4.23. The van der Waals surface area contributed by atoms with Crippen LogP contribution in [0.25, 0.3) is 0 Å². The van der Waals surface area contributed by atoms with Crippen molar-refractivity contribution >= 4 is 17.3 Å². The molecule has 0 fully saturated rings. The van der Waals surface area contributed by atoms with E-state index in [1.54, 1.807) is 23.3 Å². The van der Waals surface area contributed by atoms with E-state index in [4.69, 9.17) is 10.2 Å². The molecule has 0 unspecified atom stereocenters. The number of rotatable bonds is 5. The largest absolute Gasteiger partial charge is 0.469 e. The van der Waals surface area contributed by atoms with Crippen LogP contribution < -0.4 is 10.6 Å². The zero-order valence-electron chi connectivity index (χ0n) is 11.0. The summed E-state index contributed by atoms with van der Waals surface area (Å²) in [5.41, 5.74) is 7.22. The predicted octanol–water partition coefficient (Wildman–Crippen LogP) is 2.85. The van der Waals surface area contributed by atoms with Gasteiger partial charge in [-0.2, -0.15) is 0 Å². The van der Waals surface area contributed by atoms with Crippen LogP contribution in [-0.4, -0.2) is 12.5 Å². The van der Waals surface area contributed by atoms with E-state index in [0.717, 1.165) is 11.4 Å². The van der Waals surface area contributed by atoms with Crippen molar-refractivity contribution in [2.45, 2.75) is 19.8 Å². The fourth-order valence-corrected chi connectivity index (χ4v) is 1.98. The fourth-order valence-electron chi connectivity index (χ4n) is 1.98. The van der Waals surface area contributed by atoms with Crippen LogP contribution in [-0.2, 0) is 11.2 Å². The summed E-state index contributed by atoms with van der Waals surface area (Å²) < 4.78 is 5.23. The summed E-state index contributed by atoms with van der Waals surface area (Å²) in [6.45, 7) is 2.60. The molecule has 100 valence electrons. The van der Waals surface area contributed by atoms with E-state index in [9.17, 15) is 4.79 Å². The smallest absolute Gasteiger partial charge is 0.227 e. The predicted molar refractivity (Wildman–Crippen MR) is 75.9 cm³/mol. The summed E-state index contributed by atoms with van der Waals surface area (Å²) in [5, 5.41) is 0. The highest BCUT2D eigenvalue weighted by Crippen LogP contribution is 2.17.